The first kappa shape index (κ1) is 19.6. The Kier molecular flexibility index (Phi) is 5.79. The maximum absolute atomic E-state index is 12.9. The minimum absolute atomic E-state index is 0.147. The molecule has 0 fully saturated rings. The smallest absolute Gasteiger partial charge is 0.276 e. The number of sulfonamides is 1. The molecule has 0 radical (unpaired) electrons. The number of ether oxygens (including phenoxy) is 1. The molecule has 3 aromatic rings. The van der Waals surface area contributed by atoms with Gasteiger partial charge in [0.2, 0.25) is 0 Å². The van der Waals surface area contributed by atoms with Crippen LogP contribution in [-0.4, -0.2) is 14.6 Å². The van der Waals surface area contributed by atoms with Crippen LogP contribution >= 0.6 is 0 Å². The number of hydrogen-bond donors (Lipinski definition) is 1. The summed E-state index contributed by atoms with van der Waals surface area (Å²) in [7, 11) is -3.77. The van der Waals surface area contributed by atoms with Crippen LogP contribution in [0.15, 0.2) is 69.0 Å². The minimum Gasteiger partial charge on any atom is -0.486 e. The van der Waals surface area contributed by atoms with Crippen molar-refractivity contribution in [1.82, 2.24) is 4.83 Å². The summed E-state index contributed by atoms with van der Waals surface area (Å²) in [5, 5.41) is 3.76. The fourth-order valence-electron chi connectivity index (χ4n) is 2.54. The fraction of sp³-hybridized carbons (Fsp3) is 0.150. The third-order valence-electron chi connectivity index (χ3n) is 3.86. The van der Waals surface area contributed by atoms with E-state index in [9.17, 15) is 12.8 Å². The van der Waals surface area contributed by atoms with Crippen molar-refractivity contribution in [3.05, 3.63) is 83.1 Å². The molecule has 1 N–H and O–H groups in total. The maximum atomic E-state index is 12.9. The molecule has 1 heterocycles. The number of furan rings is 1. The molecule has 0 aliphatic rings. The summed E-state index contributed by atoms with van der Waals surface area (Å²) in [6, 6.07) is 14.0. The molecule has 2 aromatic carbocycles. The number of nitrogens with zero attached hydrogens (tertiary/aromatic N) is 1. The Morgan fingerprint density at radius 3 is 2.57 bits per heavy atom. The number of benzene rings is 2. The van der Waals surface area contributed by atoms with Crippen molar-refractivity contribution < 1.29 is 22.0 Å². The summed E-state index contributed by atoms with van der Waals surface area (Å²) >= 11 is 0. The summed E-state index contributed by atoms with van der Waals surface area (Å²) < 4.78 is 48.5. The Bertz CT molecular complexity index is 1090. The highest BCUT2D eigenvalue weighted by Gasteiger charge is 2.15. The van der Waals surface area contributed by atoms with Crippen molar-refractivity contribution in [3.8, 4) is 5.75 Å². The molecular formula is C20H19FN2O4S. The van der Waals surface area contributed by atoms with Gasteiger partial charge >= 0.3 is 0 Å². The van der Waals surface area contributed by atoms with Crippen molar-refractivity contribution in [1.29, 1.82) is 0 Å². The summed E-state index contributed by atoms with van der Waals surface area (Å²) in [6.45, 7) is 3.77. The fourth-order valence-corrected chi connectivity index (χ4v) is 3.56. The second kappa shape index (κ2) is 8.26. The predicted molar refractivity (Wildman–Crippen MR) is 103 cm³/mol. The number of rotatable bonds is 7. The number of hydrazone groups is 1. The lowest BCUT2D eigenvalue weighted by molar-refractivity contribution is 0.269. The molecule has 0 bridgehead atoms. The SMILES string of the molecule is Cc1ccc(S(=O)(=O)NN=Cc2ccc(COc3ccc(F)cc3)o2)c(C)c1. The molecule has 3 rings (SSSR count). The van der Waals surface area contributed by atoms with Gasteiger partial charge in [-0.3, -0.25) is 0 Å². The normalized spacial score (nSPS) is 11.7. The molecule has 1 aromatic heterocycles. The van der Waals surface area contributed by atoms with Crippen LogP contribution in [0.5, 0.6) is 5.75 Å². The van der Waals surface area contributed by atoms with Crippen molar-refractivity contribution in [2.24, 2.45) is 5.10 Å². The van der Waals surface area contributed by atoms with Crippen LogP contribution in [0.4, 0.5) is 4.39 Å². The van der Waals surface area contributed by atoms with Crippen LogP contribution in [0.2, 0.25) is 0 Å². The van der Waals surface area contributed by atoms with Gasteiger partial charge in [-0.15, -0.1) is 0 Å². The second-order valence-electron chi connectivity index (χ2n) is 6.17. The van der Waals surface area contributed by atoms with Crippen LogP contribution < -0.4 is 9.57 Å². The van der Waals surface area contributed by atoms with Crippen LogP contribution in [0.3, 0.4) is 0 Å². The van der Waals surface area contributed by atoms with Crippen molar-refractivity contribution in [2.45, 2.75) is 25.3 Å². The molecule has 6 nitrogen and oxygen atoms in total. The highest BCUT2D eigenvalue weighted by atomic mass is 32.2. The Labute approximate surface area is 162 Å². The monoisotopic (exact) mass is 402 g/mol. The first-order chi connectivity index (χ1) is 13.3. The number of halogens is 1. The topological polar surface area (TPSA) is 80.9 Å². The van der Waals surface area contributed by atoms with Gasteiger partial charge in [0.25, 0.3) is 10.0 Å². The summed E-state index contributed by atoms with van der Waals surface area (Å²) in [6.07, 6.45) is 1.27. The van der Waals surface area contributed by atoms with E-state index in [1.165, 1.54) is 30.5 Å². The van der Waals surface area contributed by atoms with Gasteiger partial charge < -0.3 is 9.15 Å². The molecule has 0 aliphatic heterocycles. The van der Waals surface area contributed by atoms with Gasteiger partial charge in [0.05, 0.1) is 11.1 Å². The van der Waals surface area contributed by atoms with Gasteiger partial charge in [0, 0.05) is 0 Å². The Morgan fingerprint density at radius 1 is 1.11 bits per heavy atom. The van der Waals surface area contributed by atoms with Crippen LogP contribution in [0.25, 0.3) is 0 Å². The predicted octanol–water partition coefficient (Wildman–Crippen LogP) is 3.93. The zero-order valence-electron chi connectivity index (χ0n) is 15.3. The molecule has 0 spiro atoms. The van der Waals surface area contributed by atoms with E-state index in [-0.39, 0.29) is 17.3 Å². The minimum atomic E-state index is -3.77. The number of nitrogens with one attached hydrogen (secondary N) is 1. The Morgan fingerprint density at radius 2 is 1.86 bits per heavy atom. The second-order valence-corrected chi connectivity index (χ2v) is 7.80. The van der Waals surface area contributed by atoms with E-state index >= 15 is 0 Å². The molecule has 0 atom stereocenters. The third kappa shape index (κ3) is 4.98. The van der Waals surface area contributed by atoms with E-state index in [1.807, 2.05) is 6.92 Å². The average Bonchev–Trinajstić information content (AvgIpc) is 3.08. The zero-order valence-corrected chi connectivity index (χ0v) is 16.2. The zero-order chi connectivity index (χ0) is 20.1. The first-order valence-corrected chi connectivity index (χ1v) is 9.91. The largest absolute Gasteiger partial charge is 0.486 e. The highest BCUT2D eigenvalue weighted by Crippen LogP contribution is 2.17. The molecule has 28 heavy (non-hydrogen) atoms. The van der Waals surface area contributed by atoms with Crippen LogP contribution in [0.1, 0.15) is 22.6 Å². The van der Waals surface area contributed by atoms with Gasteiger partial charge in [-0.05, 0) is 61.9 Å². The van der Waals surface area contributed by atoms with Gasteiger partial charge in [-0.1, -0.05) is 17.7 Å². The van der Waals surface area contributed by atoms with E-state index in [2.05, 4.69) is 9.93 Å². The van der Waals surface area contributed by atoms with Crippen molar-refractivity contribution in [2.75, 3.05) is 0 Å². The maximum Gasteiger partial charge on any atom is 0.276 e. The van der Waals surface area contributed by atoms with E-state index in [1.54, 1.807) is 37.3 Å². The lowest BCUT2D eigenvalue weighted by Crippen LogP contribution is -2.19. The van der Waals surface area contributed by atoms with Gasteiger partial charge in [0.15, 0.2) is 0 Å². The van der Waals surface area contributed by atoms with Gasteiger partial charge in [-0.25, -0.2) is 4.39 Å². The average molecular weight is 402 g/mol. The van der Waals surface area contributed by atoms with Crippen molar-refractivity contribution >= 4 is 16.2 Å². The van der Waals surface area contributed by atoms with Gasteiger partial charge in [-0.2, -0.15) is 18.4 Å². The van der Waals surface area contributed by atoms with E-state index in [4.69, 9.17) is 9.15 Å². The lowest BCUT2D eigenvalue weighted by atomic mass is 10.2. The first-order valence-electron chi connectivity index (χ1n) is 8.43. The molecule has 146 valence electrons. The standard InChI is InChI=1S/C20H19FN2O4S/c1-14-3-10-20(15(2)11-14)28(24,25)23-22-12-18-8-9-19(27-18)13-26-17-6-4-16(21)5-7-17/h3-12,23H,13H2,1-2H3. The number of aryl methyl sites for hydroxylation is 2. The molecule has 8 heteroatoms. The van der Waals surface area contributed by atoms with Crippen LogP contribution in [0, 0.1) is 19.7 Å². The van der Waals surface area contributed by atoms with Gasteiger partial charge in [0.1, 0.15) is 29.7 Å². The molecule has 0 unspecified atom stereocenters. The quantitative estimate of drug-likeness (QED) is 0.480. The molecule has 0 saturated heterocycles. The number of hydrogen-bond acceptors (Lipinski definition) is 5. The summed E-state index contributed by atoms with van der Waals surface area (Å²) in [5.41, 5.74) is 1.62. The van der Waals surface area contributed by atoms with E-state index < -0.39 is 10.0 Å². The molecule has 0 aliphatic carbocycles. The molecular weight excluding hydrogens is 383 g/mol. The summed E-state index contributed by atoms with van der Waals surface area (Å²) in [4.78, 5) is 2.34. The third-order valence-corrected chi connectivity index (χ3v) is 5.24. The lowest BCUT2D eigenvalue weighted by Gasteiger charge is -2.07. The van der Waals surface area contributed by atoms with E-state index in [0.717, 1.165) is 5.56 Å². The Balaban J connectivity index is 1.59. The Hall–Kier alpha value is -3.13. The highest BCUT2D eigenvalue weighted by molar-refractivity contribution is 7.89. The van der Waals surface area contributed by atoms with Crippen LogP contribution in [-0.2, 0) is 16.6 Å². The molecule has 0 saturated carbocycles. The molecule has 0 amide bonds. The van der Waals surface area contributed by atoms with E-state index in [0.29, 0.717) is 22.8 Å². The summed E-state index contributed by atoms with van der Waals surface area (Å²) in [5.74, 6) is 1.05. The van der Waals surface area contributed by atoms with Crippen molar-refractivity contribution in [3.63, 3.8) is 0 Å².